The number of unbranched alkanes of at least 4 members (excludes halogenated alkanes) is 1. The SMILES string of the molecule is C[C@H]1CC2C3CCC4=CC(=O)C=C[C@]4(C)C3(F)[C@@H](O)C[C@]2(C)[C@]1(CCCCNC(=O)O)C(=O)CO. The summed E-state index contributed by atoms with van der Waals surface area (Å²) in [5.41, 5.74) is -3.95. The number of aliphatic hydroxyl groups is 2. The predicted molar refractivity (Wildman–Crippen MR) is 127 cm³/mol. The summed E-state index contributed by atoms with van der Waals surface area (Å²) in [6.07, 6.45) is 5.48. The molecule has 3 unspecified atom stereocenters. The molecular formula is C27H38FNO6. The molecule has 0 heterocycles. The molecule has 194 valence electrons. The highest BCUT2D eigenvalue weighted by Gasteiger charge is 2.75. The Kier molecular flexibility index (Phi) is 6.54. The number of rotatable bonds is 7. The van der Waals surface area contributed by atoms with Gasteiger partial charge in [0.1, 0.15) is 6.61 Å². The summed E-state index contributed by atoms with van der Waals surface area (Å²) in [4.78, 5) is 36.3. The van der Waals surface area contributed by atoms with Crippen LogP contribution in [0.3, 0.4) is 0 Å². The molecule has 8 heteroatoms. The van der Waals surface area contributed by atoms with Crippen LogP contribution >= 0.6 is 0 Å². The van der Waals surface area contributed by atoms with Crippen molar-refractivity contribution < 1.29 is 34.1 Å². The molecule has 0 saturated heterocycles. The number of carbonyl (C=O) groups excluding carboxylic acids is 2. The van der Waals surface area contributed by atoms with E-state index in [9.17, 15) is 24.6 Å². The molecule has 8 atom stereocenters. The van der Waals surface area contributed by atoms with E-state index in [0.717, 1.165) is 5.57 Å². The molecule has 0 aromatic rings. The Balaban J connectivity index is 1.71. The van der Waals surface area contributed by atoms with Gasteiger partial charge in [-0.25, -0.2) is 9.18 Å². The van der Waals surface area contributed by atoms with Crippen molar-refractivity contribution in [2.45, 2.75) is 77.5 Å². The lowest BCUT2D eigenvalue weighted by Crippen LogP contribution is -2.68. The van der Waals surface area contributed by atoms with Crippen LogP contribution in [0.4, 0.5) is 9.18 Å². The summed E-state index contributed by atoms with van der Waals surface area (Å²) in [6, 6.07) is 0. The Hall–Kier alpha value is -2.06. The molecule has 1 amide bonds. The number of Topliss-reactive ketones (excluding diaryl/α,β-unsaturated/α-hetero) is 1. The highest BCUT2D eigenvalue weighted by Crippen LogP contribution is 2.74. The zero-order valence-electron chi connectivity index (χ0n) is 20.8. The Bertz CT molecular complexity index is 979. The molecular weight excluding hydrogens is 453 g/mol. The van der Waals surface area contributed by atoms with Crippen molar-refractivity contribution in [2.75, 3.05) is 13.2 Å². The van der Waals surface area contributed by atoms with Crippen molar-refractivity contribution >= 4 is 17.7 Å². The van der Waals surface area contributed by atoms with Gasteiger partial charge in [0.25, 0.3) is 0 Å². The number of allylic oxidation sites excluding steroid dienone is 4. The van der Waals surface area contributed by atoms with Gasteiger partial charge in [0.15, 0.2) is 17.2 Å². The average Bonchev–Trinajstić information content (AvgIpc) is 3.01. The van der Waals surface area contributed by atoms with Crippen LogP contribution in [0.1, 0.15) is 65.7 Å². The number of hydrogen-bond donors (Lipinski definition) is 4. The molecule has 4 N–H and O–H groups in total. The van der Waals surface area contributed by atoms with Crippen molar-refractivity contribution in [3.05, 3.63) is 23.8 Å². The number of hydrogen-bond acceptors (Lipinski definition) is 5. The number of halogens is 1. The monoisotopic (exact) mass is 491 g/mol. The van der Waals surface area contributed by atoms with Gasteiger partial charge in [-0.05, 0) is 74.9 Å². The molecule has 3 fully saturated rings. The van der Waals surface area contributed by atoms with Gasteiger partial charge in [0.2, 0.25) is 0 Å². The fraction of sp³-hybridized carbons (Fsp3) is 0.741. The van der Waals surface area contributed by atoms with Crippen molar-refractivity contribution in [3.63, 3.8) is 0 Å². The van der Waals surface area contributed by atoms with Crippen molar-refractivity contribution in [3.8, 4) is 0 Å². The Morgan fingerprint density at radius 1 is 1.23 bits per heavy atom. The van der Waals surface area contributed by atoms with Crippen LogP contribution in [0, 0.1) is 34.0 Å². The summed E-state index contributed by atoms with van der Waals surface area (Å²) < 4.78 is 17.3. The molecule has 0 radical (unpaired) electrons. The van der Waals surface area contributed by atoms with Crippen LogP contribution in [0.15, 0.2) is 23.8 Å². The third-order valence-electron chi connectivity index (χ3n) is 10.4. The summed E-state index contributed by atoms with van der Waals surface area (Å²) in [5, 5.41) is 32.7. The van der Waals surface area contributed by atoms with Gasteiger partial charge >= 0.3 is 6.09 Å². The first-order valence-corrected chi connectivity index (χ1v) is 12.8. The van der Waals surface area contributed by atoms with E-state index < -0.39 is 46.6 Å². The lowest BCUT2D eigenvalue weighted by molar-refractivity contribution is -0.208. The van der Waals surface area contributed by atoms with E-state index in [4.69, 9.17) is 5.11 Å². The standard InChI is InChI=1S/C27H38FNO6/c1-16-12-20-19-7-6-17-13-18(31)8-10-24(17,2)27(19,28)21(32)14-25(20,3)26(16,22(33)15-30)9-4-5-11-29-23(34)35/h8,10,13,16,19-21,29-30,32H,4-7,9,11-12,14-15H2,1-3H3,(H,34,35)/t16-,19?,20?,21-,24-,25-,26-,27?/m0/s1. The number of ketones is 2. The van der Waals surface area contributed by atoms with Gasteiger partial charge in [-0.15, -0.1) is 0 Å². The Morgan fingerprint density at radius 3 is 2.60 bits per heavy atom. The highest BCUT2D eigenvalue weighted by molar-refractivity contribution is 6.01. The lowest BCUT2D eigenvalue weighted by atomic mass is 9.42. The second kappa shape index (κ2) is 8.80. The van der Waals surface area contributed by atoms with E-state index in [-0.39, 0.29) is 36.4 Å². The lowest BCUT2D eigenvalue weighted by Gasteiger charge is -2.63. The van der Waals surface area contributed by atoms with Gasteiger partial charge < -0.3 is 20.6 Å². The van der Waals surface area contributed by atoms with E-state index in [1.165, 1.54) is 12.2 Å². The molecule has 0 aliphatic heterocycles. The quantitative estimate of drug-likeness (QED) is 0.404. The molecule has 0 bridgehead atoms. The molecule has 0 aromatic carbocycles. The topological polar surface area (TPSA) is 124 Å². The molecule has 35 heavy (non-hydrogen) atoms. The van der Waals surface area contributed by atoms with Crippen LogP contribution < -0.4 is 5.32 Å². The first-order chi connectivity index (χ1) is 16.4. The predicted octanol–water partition coefficient (Wildman–Crippen LogP) is 3.59. The van der Waals surface area contributed by atoms with Crippen LogP contribution in [-0.4, -0.2) is 57.9 Å². The number of carboxylic acid groups (broad SMARTS) is 1. The Labute approximate surface area is 205 Å². The number of nitrogens with one attached hydrogen (secondary N) is 1. The molecule has 4 aliphatic carbocycles. The maximum atomic E-state index is 17.3. The minimum Gasteiger partial charge on any atom is -0.465 e. The maximum absolute atomic E-state index is 17.3. The molecule has 0 spiro atoms. The maximum Gasteiger partial charge on any atom is 0.404 e. The fourth-order valence-electron chi connectivity index (χ4n) is 8.78. The third kappa shape index (κ3) is 3.46. The van der Waals surface area contributed by atoms with E-state index in [1.54, 1.807) is 13.0 Å². The summed E-state index contributed by atoms with van der Waals surface area (Å²) >= 11 is 0. The molecule has 4 aliphatic rings. The van der Waals surface area contributed by atoms with E-state index in [2.05, 4.69) is 5.32 Å². The second-order valence-corrected chi connectivity index (χ2v) is 11.6. The average molecular weight is 492 g/mol. The highest BCUT2D eigenvalue weighted by atomic mass is 19.1. The van der Waals surface area contributed by atoms with Crippen molar-refractivity contribution in [1.29, 1.82) is 0 Å². The first-order valence-electron chi connectivity index (χ1n) is 12.8. The normalized spacial score (nSPS) is 44.2. The van der Waals surface area contributed by atoms with E-state index >= 15 is 4.39 Å². The van der Waals surface area contributed by atoms with Crippen LogP contribution in [0.25, 0.3) is 0 Å². The van der Waals surface area contributed by atoms with Crippen molar-refractivity contribution in [2.24, 2.45) is 34.0 Å². The summed E-state index contributed by atoms with van der Waals surface area (Å²) in [6.45, 7) is 5.41. The minimum atomic E-state index is -1.96. The van der Waals surface area contributed by atoms with Crippen LogP contribution in [0.2, 0.25) is 0 Å². The Morgan fingerprint density at radius 2 is 1.94 bits per heavy atom. The smallest absolute Gasteiger partial charge is 0.404 e. The number of fused-ring (bicyclic) bond motifs is 5. The van der Waals surface area contributed by atoms with Gasteiger partial charge in [0, 0.05) is 23.3 Å². The van der Waals surface area contributed by atoms with Gasteiger partial charge in [0.05, 0.1) is 6.10 Å². The molecule has 0 aromatic heterocycles. The molecule has 4 rings (SSSR count). The van der Waals surface area contributed by atoms with Gasteiger partial charge in [-0.3, -0.25) is 9.59 Å². The number of amides is 1. The summed E-state index contributed by atoms with van der Waals surface area (Å²) in [5.74, 6) is -1.20. The third-order valence-corrected chi connectivity index (χ3v) is 10.4. The van der Waals surface area contributed by atoms with Gasteiger partial charge in [-0.1, -0.05) is 31.9 Å². The second-order valence-electron chi connectivity index (χ2n) is 11.6. The summed E-state index contributed by atoms with van der Waals surface area (Å²) in [7, 11) is 0. The fourth-order valence-corrected chi connectivity index (χ4v) is 8.78. The largest absolute Gasteiger partial charge is 0.465 e. The van der Waals surface area contributed by atoms with Crippen LogP contribution in [0.5, 0.6) is 0 Å². The van der Waals surface area contributed by atoms with E-state index in [1.807, 2.05) is 13.8 Å². The molecule has 7 nitrogen and oxygen atoms in total. The van der Waals surface area contributed by atoms with E-state index in [0.29, 0.717) is 38.5 Å². The zero-order valence-corrected chi connectivity index (χ0v) is 20.8. The number of aliphatic hydroxyl groups excluding tert-OH is 2. The van der Waals surface area contributed by atoms with Gasteiger partial charge in [-0.2, -0.15) is 0 Å². The molecule has 3 saturated carbocycles. The number of alkyl halides is 1. The van der Waals surface area contributed by atoms with Crippen molar-refractivity contribution in [1.82, 2.24) is 5.32 Å². The minimum absolute atomic E-state index is 0.0960. The van der Waals surface area contributed by atoms with Crippen LogP contribution in [-0.2, 0) is 9.59 Å². The number of carbonyl (C=O) groups is 3. The zero-order chi connectivity index (χ0) is 25.8. The first kappa shape index (κ1) is 26.0.